The Labute approximate surface area is 206 Å². The first-order valence-electron chi connectivity index (χ1n) is 11.3. The molecule has 1 aliphatic rings. The molecule has 0 bridgehead atoms. The van der Waals surface area contributed by atoms with Crippen LogP contribution in [0.1, 0.15) is 26.5 Å². The Hall–Kier alpha value is -4.64. The minimum atomic E-state index is -1.21. The van der Waals surface area contributed by atoms with Crippen molar-refractivity contribution >= 4 is 40.3 Å². The van der Waals surface area contributed by atoms with Crippen LogP contribution in [0.15, 0.2) is 60.9 Å². The Balaban J connectivity index is 1.39. The molecule has 11 nitrogen and oxygen atoms in total. The zero-order valence-corrected chi connectivity index (χ0v) is 19.2. The molecule has 0 spiro atoms. The van der Waals surface area contributed by atoms with Crippen LogP contribution < -0.4 is 10.2 Å². The number of carbonyl (C=O) groups is 2. The van der Waals surface area contributed by atoms with Crippen LogP contribution >= 0.6 is 0 Å². The molecule has 0 aliphatic carbocycles. The first kappa shape index (κ1) is 23.1. The van der Waals surface area contributed by atoms with E-state index >= 15 is 0 Å². The van der Waals surface area contributed by atoms with Crippen LogP contribution in [-0.4, -0.2) is 73.2 Å². The third kappa shape index (κ3) is 5.05. The number of fused-ring (bicyclic) bond motifs is 1. The van der Waals surface area contributed by atoms with Gasteiger partial charge in [0.1, 0.15) is 11.6 Å². The third-order valence-electron chi connectivity index (χ3n) is 5.91. The van der Waals surface area contributed by atoms with E-state index in [-0.39, 0.29) is 11.1 Å². The zero-order valence-electron chi connectivity index (χ0n) is 19.2. The molecule has 3 N–H and O–H groups in total. The SMILES string of the molecule is O=C(O)c1cc(Nc2nc(CN3CCN(c4ncccn4)CC3)nc3ccccc23)cc(C(=O)O)c1. The van der Waals surface area contributed by atoms with E-state index < -0.39 is 11.9 Å². The van der Waals surface area contributed by atoms with Gasteiger partial charge >= 0.3 is 11.9 Å². The van der Waals surface area contributed by atoms with Gasteiger partial charge in [-0.05, 0) is 36.4 Å². The van der Waals surface area contributed by atoms with Gasteiger partial charge in [-0.2, -0.15) is 0 Å². The van der Waals surface area contributed by atoms with Crippen LogP contribution in [0, 0.1) is 0 Å². The van der Waals surface area contributed by atoms with E-state index in [4.69, 9.17) is 9.97 Å². The van der Waals surface area contributed by atoms with Crippen LogP contribution in [0.3, 0.4) is 0 Å². The van der Waals surface area contributed by atoms with Gasteiger partial charge in [-0.15, -0.1) is 0 Å². The highest BCUT2D eigenvalue weighted by Gasteiger charge is 2.20. The molecule has 1 aliphatic heterocycles. The van der Waals surface area contributed by atoms with E-state index in [1.54, 1.807) is 18.5 Å². The smallest absolute Gasteiger partial charge is 0.335 e. The van der Waals surface area contributed by atoms with Crippen LogP contribution in [-0.2, 0) is 6.54 Å². The highest BCUT2D eigenvalue weighted by molar-refractivity contribution is 5.97. The van der Waals surface area contributed by atoms with E-state index in [1.807, 2.05) is 24.3 Å². The molecule has 11 heteroatoms. The van der Waals surface area contributed by atoms with E-state index in [9.17, 15) is 19.8 Å². The quantitative estimate of drug-likeness (QED) is 0.355. The predicted molar refractivity (Wildman–Crippen MR) is 133 cm³/mol. The maximum Gasteiger partial charge on any atom is 0.335 e. The minimum Gasteiger partial charge on any atom is -0.478 e. The van der Waals surface area contributed by atoms with Crippen molar-refractivity contribution < 1.29 is 19.8 Å². The molecule has 5 rings (SSSR count). The molecule has 2 aromatic carbocycles. The fourth-order valence-corrected chi connectivity index (χ4v) is 4.13. The van der Waals surface area contributed by atoms with Gasteiger partial charge in [-0.1, -0.05) is 12.1 Å². The molecule has 4 aromatic rings. The summed E-state index contributed by atoms with van der Waals surface area (Å²) in [6.45, 7) is 3.67. The topological polar surface area (TPSA) is 145 Å². The summed E-state index contributed by atoms with van der Waals surface area (Å²) in [5, 5.41) is 22.7. The molecule has 2 aromatic heterocycles. The number of nitrogens with zero attached hydrogens (tertiary/aromatic N) is 6. The van der Waals surface area contributed by atoms with Crippen LogP contribution in [0.25, 0.3) is 10.9 Å². The normalized spacial score (nSPS) is 14.1. The van der Waals surface area contributed by atoms with Gasteiger partial charge in [-0.25, -0.2) is 29.5 Å². The van der Waals surface area contributed by atoms with Crippen molar-refractivity contribution in [2.24, 2.45) is 0 Å². The van der Waals surface area contributed by atoms with Crippen LogP contribution in [0.2, 0.25) is 0 Å². The number of para-hydroxylation sites is 1. The zero-order chi connectivity index (χ0) is 25.1. The van der Waals surface area contributed by atoms with Crippen LogP contribution in [0.4, 0.5) is 17.5 Å². The number of carboxylic acids is 2. The molecule has 0 unspecified atom stereocenters. The second-order valence-corrected chi connectivity index (χ2v) is 8.35. The van der Waals surface area contributed by atoms with Crippen molar-refractivity contribution in [3.8, 4) is 0 Å². The Morgan fingerprint density at radius 1 is 0.861 bits per heavy atom. The first-order valence-corrected chi connectivity index (χ1v) is 11.3. The monoisotopic (exact) mass is 485 g/mol. The number of rotatable bonds is 7. The molecule has 1 fully saturated rings. The molecule has 1 saturated heterocycles. The number of benzene rings is 2. The molecule has 3 heterocycles. The summed E-state index contributed by atoms with van der Waals surface area (Å²) < 4.78 is 0. The minimum absolute atomic E-state index is 0.128. The Bertz CT molecular complexity index is 1390. The number of hydrogen-bond acceptors (Lipinski definition) is 9. The fraction of sp³-hybridized carbons (Fsp3) is 0.200. The second kappa shape index (κ2) is 9.92. The van der Waals surface area contributed by atoms with Crippen molar-refractivity contribution in [2.45, 2.75) is 6.54 Å². The highest BCUT2D eigenvalue weighted by atomic mass is 16.4. The maximum atomic E-state index is 11.5. The summed E-state index contributed by atoms with van der Waals surface area (Å²) >= 11 is 0. The predicted octanol–water partition coefficient (Wildman–Crippen LogP) is 2.88. The fourth-order valence-electron chi connectivity index (χ4n) is 4.13. The van der Waals surface area contributed by atoms with Gasteiger partial charge in [0.15, 0.2) is 0 Å². The van der Waals surface area contributed by atoms with E-state index in [2.05, 4.69) is 25.1 Å². The van der Waals surface area contributed by atoms with Gasteiger partial charge in [0, 0.05) is 49.6 Å². The molecule has 0 saturated carbocycles. The van der Waals surface area contributed by atoms with Crippen molar-refractivity contribution in [3.05, 3.63) is 77.9 Å². The van der Waals surface area contributed by atoms with Crippen molar-refractivity contribution in [3.63, 3.8) is 0 Å². The summed E-state index contributed by atoms with van der Waals surface area (Å²) in [6.07, 6.45) is 3.47. The van der Waals surface area contributed by atoms with Crippen molar-refractivity contribution in [2.75, 3.05) is 36.4 Å². The third-order valence-corrected chi connectivity index (χ3v) is 5.91. The Morgan fingerprint density at radius 3 is 2.19 bits per heavy atom. The van der Waals surface area contributed by atoms with E-state index in [0.717, 1.165) is 49.1 Å². The number of carboxylic acid groups (broad SMARTS) is 2. The Kier molecular flexibility index (Phi) is 6.37. The molecule has 0 radical (unpaired) electrons. The Morgan fingerprint density at radius 2 is 1.53 bits per heavy atom. The summed E-state index contributed by atoms with van der Waals surface area (Å²) in [5.41, 5.74) is 0.792. The van der Waals surface area contributed by atoms with E-state index in [1.165, 1.54) is 12.1 Å². The number of aromatic carboxylic acids is 2. The van der Waals surface area contributed by atoms with Crippen LogP contribution in [0.5, 0.6) is 0 Å². The molecule has 36 heavy (non-hydrogen) atoms. The van der Waals surface area contributed by atoms with Crippen molar-refractivity contribution in [1.82, 2.24) is 24.8 Å². The molecule has 0 amide bonds. The molecule has 0 atom stereocenters. The van der Waals surface area contributed by atoms with Gasteiger partial charge in [0.2, 0.25) is 5.95 Å². The van der Waals surface area contributed by atoms with E-state index in [0.29, 0.717) is 23.9 Å². The highest BCUT2D eigenvalue weighted by Crippen LogP contribution is 2.26. The van der Waals surface area contributed by atoms with Gasteiger partial charge in [0.05, 0.1) is 23.2 Å². The first-order chi connectivity index (χ1) is 17.5. The lowest BCUT2D eigenvalue weighted by Gasteiger charge is -2.34. The summed E-state index contributed by atoms with van der Waals surface area (Å²) in [5.74, 6) is -0.627. The number of hydrogen-bond donors (Lipinski definition) is 3. The van der Waals surface area contributed by atoms with Gasteiger partial charge in [-0.3, -0.25) is 4.90 Å². The lowest BCUT2D eigenvalue weighted by atomic mass is 10.1. The lowest BCUT2D eigenvalue weighted by molar-refractivity contribution is 0.0696. The standard InChI is InChI=1S/C25H23N7O4/c33-23(34)16-12-17(24(35)36)14-18(13-16)28-22-19-4-1-2-5-20(19)29-21(30-22)15-31-8-10-32(11-9-31)25-26-6-3-7-27-25/h1-7,12-14H,8-11,15H2,(H,33,34)(H,35,36)(H,28,29,30). The molecule has 182 valence electrons. The maximum absolute atomic E-state index is 11.5. The average Bonchev–Trinajstić information content (AvgIpc) is 2.89. The van der Waals surface area contributed by atoms with Gasteiger partial charge < -0.3 is 20.4 Å². The molecular formula is C25H23N7O4. The summed E-state index contributed by atoms with van der Waals surface area (Å²) in [7, 11) is 0. The van der Waals surface area contributed by atoms with Gasteiger partial charge in [0.25, 0.3) is 0 Å². The average molecular weight is 486 g/mol. The lowest BCUT2D eigenvalue weighted by Crippen LogP contribution is -2.46. The number of piperazine rings is 1. The number of aromatic nitrogens is 4. The largest absolute Gasteiger partial charge is 0.478 e. The summed E-state index contributed by atoms with van der Waals surface area (Å²) in [4.78, 5) is 45.5. The van der Waals surface area contributed by atoms with Crippen molar-refractivity contribution in [1.29, 1.82) is 0 Å². The second-order valence-electron chi connectivity index (χ2n) is 8.35. The summed E-state index contributed by atoms with van der Waals surface area (Å²) in [6, 6.07) is 13.2. The number of nitrogens with one attached hydrogen (secondary N) is 1. The molecular weight excluding hydrogens is 462 g/mol. The number of anilines is 3.